The van der Waals surface area contributed by atoms with Gasteiger partial charge in [-0.05, 0) is 19.1 Å². The van der Waals surface area contributed by atoms with Crippen molar-refractivity contribution >= 4 is 10.9 Å². The standard InChI is InChI=1S/C16H16FN3O/c1-9(18)6-14-12-7-11(10-4-2-3-5-16(10)21)13(17)8-15(12)20-19-14/h2-5,7-9,21H,6,18H2,1H3,(H,19,20). The van der Waals surface area contributed by atoms with E-state index in [2.05, 4.69) is 10.2 Å². The number of benzene rings is 2. The number of hydrogen-bond acceptors (Lipinski definition) is 3. The van der Waals surface area contributed by atoms with Gasteiger partial charge in [0.15, 0.2) is 0 Å². The lowest BCUT2D eigenvalue weighted by Crippen LogP contribution is -2.18. The molecular formula is C16H16FN3O. The number of nitrogens with zero attached hydrogens (tertiary/aromatic N) is 1. The molecule has 4 N–H and O–H groups in total. The van der Waals surface area contributed by atoms with Crippen LogP contribution in [-0.2, 0) is 6.42 Å². The maximum Gasteiger partial charge on any atom is 0.133 e. The lowest BCUT2D eigenvalue weighted by Gasteiger charge is -2.07. The first-order valence-corrected chi connectivity index (χ1v) is 6.76. The van der Waals surface area contributed by atoms with Crippen LogP contribution < -0.4 is 5.73 Å². The smallest absolute Gasteiger partial charge is 0.133 e. The van der Waals surface area contributed by atoms with Crippen molar-refractivity contribution in [3.8, 4) is 16.9 Å². The Bertz CT molecular complexity index is 795. The van der Waals surface area contributed by atoms with Gasteiger partial charge in [-0.3, -0.25) is 5.10 Å². The van der Waals surface area contributed by atoms with E-state index in [1.54, 1.807) is 24.3 Å². The summed E-state index contributed by atoms with van der Waals surface area (Å²) in [7, 11) is 0. The van der Waals surface area contributed by atoms with Crippen LogP contribution in [0.1, 0.15) is 12.6 Å². The topological polar surface area (TPSA) is 74.9 Å². The van der Waals surface area contributed by atoms with Crippen molar-refractivity contribution in [3.63, 3.8) is 0 Å². The molecule has 3 rings (SSSR count). The van der Waals surface area contributed by atoms with Gasteiger partial charge in [0, 0.05) is 40.7 Å². The third-order valence-electron chi connectivity index (χ3n) is 3.44. The molecule has 0 fully saturated rings. The molecular weight excluding hydrogens is 269 g/mol. The van der Waals surface area contributed by atoms with Gasteiger partial charge in [0.2, 0.25) is 0 Å². The zero-order chi connectivity index (χ0) is 15.0. The average molecular weight is 285 g/mol. The van der Waals surface area contributed by atoms with Gasteiger partial charge in [0.25, 0.3) is 0 Å². The maximum atomic E-state index is 14.3. The van der Waals surface area contributed by atoms with E-state index in [4.69, 9.17) is 5.73 Å². The summed E-state index contributed by atoms with van der Waals surface area (Å²) in [4.78, 5) is 0. The van der Waals surface area contributed by atoms with E-state index in [-0.39, 0.29) is 11.8 Å². The number of hydrogen-bond donors (Lipinski definition) is 3. The van der Waals surface area contributed by atoms with Crippen molar-refractivity contribution in [3.05, 3.63) is 47.9 Å². The molecule has 1 atom stereocenters. The number of para-hydroxylation sites is 1. The number of H-pyrrole nitrogens is 1. The fourth-order valence-corrected chi connectivity index (χ4v) is 2.47. The highest BCUT2D eigenvalue weighted by Crippen LogP contribution is 2.33. The summed E-state index contributed by atoms with van der Waals surface area (Å²) in [5, 5.41) is 17.8. The largest absolute Gasteiger partial charge is 0.507 e. The zero-order valence-electron chi connectivity index (χ0n) is 11.6. The normalized spacial score (nSPS) is 12.7. The first-order valence-electron chi connectivity index (χ1n) is 6.76. The molecule has 0 spiro atoms. The number of phenols is 1. The lowest BCUT2D eigenvalue weighted by molar-refractivity contribution is 0.476. The van der Waals surface area contributed by atoms with Gasteiger partial charge >= 0.3 is 0 Å². The van der Waals surface area contributed by atoms with E-state index in [0.717, 1.165) is 11.1 Å². The summed E-state index contributed by atoms with van der Waals surface area (Å²) in [5.74, 6) is -0.365. The minimum Gasteiger partial charge on any atom is -0.507 e. The first-order chi connectivity index (χ1) is 10.1. The Morgan fingerprint density at radius 1 is 1.29 bits per heavy atom. The van der Waals surface area contributed by atoms with E-state index in [0.29, 0.717) is 23.1 Å². The number of aromatic amines is 1. The molecule has 0 aliphatic carbocycles. The highest BCUT2D eigenvalue weighted by Gasteiger charge is 2.14. The molecule has 1 aromatic heterocycles. The SMILES string of the molecule is CC(N)Cc1[nH]nc2cc(F)c(-c3ccccc3O)cc12. The van der Waals surface area contributed by atoms with Gasteiger partial charge in [-0.25, -0.2) is 4.39 Å². The van der Waals surface area contributed by atoms with Crippen LogP contribution in [0.5, 0.6) is 5.75 Å². The summed E-state index contributed by atoms with van der Waals surface area (Å²) >= 11 is 0. The van der Waals surface area contributed by atoms with E-state index < -0.39 is 5.82 Å². The Morgan fingerprint density at radius 2 is 2.05 bits per heavy atom. The number of phenolic OH excluding ortho intramolecular Hbond substituents is 1. The molecule has 1 heterocycles. The number of aromatic hydroxyl groups is 1. The summed E-state index contributed by atoms with van der Waals surface area (Å²) in [6.45, 7) is 1.90. The third kappa shape index (κ3) is 2.48. The van der Waals surface area contributed by atoms with Crippen molar-refractivity contribution in [2.24, 2.45) is 5.73 Å². The van der Waals surface area contributed by atoms with Gasteiger partial charge < -0.3 is 10.8 Å². The predicted octanol–water partition coefficient (Wildman–Crippen LogP) is 2.96. The molecule has 21 heavy (non-hydrogen) atoms. The van der Waals surface area contributed by atoms with Crippen molar-refractivity contribution in [2.45, 2.75) is 19.4 Å². The number of fused-ring (bicyclic) bond motifs is 1. The Labute approximate surface area is 121 Å². The molecule has 0 saturated heterocycles. The van der Waals surface area contributed by atoms with Crippen LogP contribution in [-0.4, -0.2) is 21.3 Å². The van der Waals surface area contributed by atoms with Crippen molar-refractivity contribution in [1.82, 2.24) is 10.2 Å². The van der Waals surface area contributed by atoms with Gasteiger partial charge in [-0.1, -0.05) is 18.2 Å². The van der Waals surface area contributed by atoms with E-state index in [9.17, 15) is 9.50 Å². The van der Waals surface area contributed by atoms with Crippen LogP contribution in [0.25, 0.3) is 22.0 Å². The van der Waals surface area contributed by atoms with Crippen molar-refractivity contribution in [1.29, 1.82) is 0 Å². The number of aromatic nitrogens is 2. The second kappa shape index (κ2) is 5.18. The third-order valence-corrected chi connectivity index (χ3v) is 3.44. The molecule has 108 valence electrons. The fraction of sp³-hybridized carbons (Fsp3) is 0.188. The van der Waals surface area contributed by atoms with E-state index in [1.807, 2.05) is 6.92 Å². The van der Waals surface area contributed by atoms with Crippen LogP contribution in [0.2, 0.25) is 0 Å². The molecule has 0 amide bonds. The minimum atomic E-state index is -0.414. The van der Waals surface area contributed by atoms with Gasteiger partial charge in [-0.2, -0.15) is 5.10 Å². The first kappa shape index (κ1) is 13.6. The van der Waals surface area contributed by atoms with Crippen molar-refractivity contribution in [2.75, 3.05) is 0 Å². The second-order valence-electron chi connectivity index (χ2n) is 5.25. The Morgan fingerprint density at radius 3 is 2.76 bits per heavy atom. The number of nitrogens with one attached hydrogen (secondary N) is 1. The molecule has 0 bridgehead atoms. The molecule has 4 nitrogen and oxygen atoms in total. The Balaban J connectivity index is 2.19. The van der Waals surface area contributed by atoms with E-state index >= 15 is 0 Å². The van der Waals surface area contributed by atoms with Crippen LogP contribution >= 0.6 is 0 Å². The molecule has 0 saturated carbocycles. The molecule has 1 unspecified atom stereocenters. The Hall–Kier alpha value is -2.40. The van der Waals surface area contributed by atoms with Crippen LogP contribution in [0.3, 0.4) is 0 Å². The summed E-state index contributed by atoms with van der Waals surface area (Å²) < 4.78 is 14.3. The van der Waals surface area contributed by atoms with Crippen LogP contribution in [0.4, 0.5) is 4.39 Å². The molecule has 0 radical (unpaired) electrons. The minimum absolute atomic E-state index is 0.0210. The van der Waals surface area contributed by atoms with Gasteiger partial charge in [0.05, 0.1) is 5.52 Å². The molecule has 2 aromatic carbocycles. The predicted molar refractivity (Wildman–Crippen MR) is 80.5 cm³/mol. The fourth-order valence-electron chi connectivity index (χ4n) is 2.47. The summed E-state index contributed by atoms with van der Waals surface area (Å²) in [6.07, 6.45) is 0.627. The lowest BCUT2D eigenvalue weighted by atomic mass is 10.0. The van der Waals surface area contributed by atoms with Crippen LogP contribution in [0, 0.1) is 5.82 Å². The van der Waals surface area contributed by atoms with Gasteiger partial charge in [-0.15, -0.1) is 0 Å². The monoisotopic (exact) mass is 285 g/mol. The number of halogens is 1. The Kier molecular flexibility index (Phi) is 3.35. The maximum absolute atomic E-state index is 14.3. The van der Waals surface area contributed by atoms with E-state index in [1.165, 1.54) is 12.1 Å². The van der Waals surface area contributed by atoms with Crippen LogP contribution in [0.15, 0.2) is 36.4 Å². The molecule has 0 aliphatic heterocycles. The molecule has 5 heteroatoms. The highest BCUT2D eigenvalue weighted by atomic mass is 19.1. The number of nitrogens with two attached hydrogens (primary N) is 1. The summed E-state index contributed by atoms with van der Waals surface area (Å²) in [6, 6.07) is 9.75. The van der Waals surface area contributed by atoms with Crippen molar-refractivity contribution < 1.29 is 9.50 Å². The quantitative estimate of drug-likeness (QED) is 0.692. The number of rotatable bonds is 3. The van der Waals surface area contributed by atoms with Gasteiger partial charge in [0.1, 0.15) is 11.6 Å². The zero-order valence-corrected chi connectivity index (χ0v) is 11.6. The average Bonchev–Trinajstić information content (AvgIpc) is 2.80. The molecule has 0 aliphatic rings. The molecule has 3 aromatic rings. The summed E-state index contributed by atoms with van der Waals surface area (Å²) in [5.41, 5.74) is 8.06. The second-order valence-corrected chi connectivity index (χ2v) is 5.25. The highest BCUT2D eigenvalue weighted by molar-refractivity contribution is 5.88.